The van der Waals surface area contributed by atoms with Crippen molar-refractivity contribution in [3.8, 4) is 5.75 Å². The average Bonchev–Trinajstić information content (AvgIpc) is 3.04. The summed E-state index contributed by atoms with van der Waals surface area (Å²) in [6.07, 6.45) is 0.737. The summed E-state index contributed by atoms with van der Waals surface area (Å²) in [5.41, 5.74) is 2.82. The van der Waals surface area contributed by atoms with Crippen molar-refractivity contribution in [2.45, 2.75) is 20.3 Å². The van der Waals surface area contributed by atoms with Gasteiger partial charge in [0.05, 0.1) is 11.3 Å². The number of aryl methyl sites for hydroxylation is 2. The van der Waals surface area contributed by atoms with E-state index in [4.69, 9.17) is 27.9 Å². The number of benzene rings is 3. The van der Waals surface area contributed by atoms with Crippen LogP contribution in [0.25, 0.3) is 0 Å². The highest BCUT2D eigenvalue weighted by molar-refractivity contribution is 6.53. The van der Waals surface area contributed by atoms with Crippen LogP contribution >= 0.6 is 23.2 Å². The number of ether oxygens (including phenoxy) is 1. The molecule has 4 rings (SSSR count). The van der Waals surface area contributed by atoms with Crippen molar-refractivity contribution >= 4 is 52.4 Å². The molecule has 1 aliphatic heterocycles. The Hall–Kier alpha value is -3.61. The van der Waals surface area contributed by atoms with Gasteiger partial charge in [-0.1, -0.05) is 54.4 Å². The van der Waals surface area contributed by atoms with Gasteiger partial charge in [0.15, 0.2) is 0 Å². The van der Waals surface area contributed by atoms with Gasteiger partial charge < -0.3 is 10.1 Å². The summed E-state index contributed by atoms with van der Waals surface area (Å²) >= 11 is 12.3. The van der Waals surface area contributed by atoms with Crippen molar-refractivity contribution in [1.29, 1.82) is 0 Å². The fourth-order valence-corrected chi connectivity index (χ4v) is 3.84. The second-order valence-electron chi connectivity index (χ2n) is 7.62. The summed E-state index contributed by atoms with van der Waals surface area (Å²) in [6, 6.07) is 18.5. The van der Waals surface area contributed by atoms with Gasteiger partial charge in [0.25, 0.3) is 11.8 Å². The molecule has 0 aliphatic carbocycles. The van der Waals surface area contributed by atoms with Gasteiger partial charge in [0.1, 0.15) is 16.5 Å². The Morgan fingerprint density at radius 3 is 2.35 bits per heavy atom. The number of para-hydroxylation sites is 1. The number of hydrogen-bond acceptors (Lipinski definition) is 5. The lowest BCUT2D eigenvalue weighted by atomic mass is 10.1. The third-order valence-corrected chi connectivity index (χ3v) is 6.14. The fraction of sp³-hybridized carbons (Fsp3) is 0.115. The fourth-order valence-electron chi connectivity index (χ4n) is 3.45. The van der Waals surface area contributed by atoms with Crippen LogP contribution in [-0.4, -0.2) is 17.8 Å². The molecular weight excluding hydrogens is 475 g/mol. The highest BCUT2D eigenvalue weighted by atomic mass is 35.5. The second kappa shape index (κ2) is 9.71. The van der Waals surface area contributed by atoms with Crippen LogP contribution in [0.5, 0.6) is 5.75 Å². The number of anilines is 2. The molecule has 0 bridgehead atoms. The minimum atomic E-state index is -0.649. The highest BCUT2D eigenvalue weighted by Gasteiger charge is 2.39. The molecular formula is C26H20Cl2N2O4. The SMILES string of the molecule is CCc1ccccc1OC(=O)c1ccc(NC2=C(Cl)C(=O)N(c3ccc(C)c(Cl)c3)C2=O)cc1. The molecule has 0 spiro atoms. The lowest BCUT2D eigenvalue weighted by molar-refractivity contribution is -0.120. The van der Waals surface area contributed by atoms with E-state index in [0.717, 1.165) is 22.4 Å². The predicted molar refractivity (Wildman–Crippen MR) is 132 cm³/mol. The van der Waals surface area contributed by atoms with Gasteiger partial charge in [0.2, 0.25) is 0 Å². The molecule has 34 heavy (non-hydrogen) atoms. The molecule has 1 aliphatic rings. The van der Waals surface area contributed by atoms with E-state index in [0.29, 0.717) is 27.7 Å². The molecule has 0 radical (unpaired) electrons. The van der Waals surface area contributed by atoms with Gasteiger partial charge in [-0.3, -0.25) is 9.59 Å². The zero-order chi connectivity index (χ0) is 24.4. The standard InChI is InChI=1S/C26H20Cl2N2O4/c1-3-16-6-4-5-7-21(16)34-26(33)17-9-11-18(12-10-17)29-23-22(28)24(31)30(25(23)32)19-13-8-15(2)20(27)14-19/h4-14,29H,3H2,1-2H3. The van der Waals surface area contributed by atoms with Crippen LogP contribution in [0.3, 0.4) is 0 Å². The third-order valence-electron chi connectivity index (χ3n) is 5.39. The lowest BCUT2D eigenvalue weighted by Crippen LogP contribution is -2.32. The molecule has 0 unspecified atom stereocenters. The third kappa shape index (κ3) is 4.55. The van der Waals surface area contributed by atoms with Crippen molar-refractivity contribution in [3.05, 3.63) is 99.2 Å². The zero-order valence-corrected chi connectivity index (χ0v) is 19.9. The van der Waals surface area contributed by atoms with E-state index in [-0.39, 0.29) is 10.7 Å². The summed E-state index contributed by atoms with van der Waals surface area (Å²) in [6.45, 7) is 3.80. The van der Waals surface area contributed by atoms with Crippen molar-refractivity contribution in [2.24, 2.45) is 0 Å². The van der Waals surface area contributed by atoms with Crippen LogP contribution in [0.4, 0.5) is 11.4 Å². The first kappa shape index (κ1) is 23.5. The average molecular weight is 495 g/mol. The topological polar surface area (TPSA) is 75.7 Å². The van der Waals surface area contributed by atoms with Gasteiger partial charge in [-0.05, 0) is 66.9 Å². The summed E-state index contributed by atoms with van der Waals surface area (Å²) in [5.74, 6) is -1.24. The number of imide groups is 1. The van der Waals surface area contributed by atoms with E-state index < -0.39 is 17.8 Å². The first-order chi connectivity index (χ1) is 16.3. The van der Waals surface area contributed by atoms with Gasteiger partial charge >= 0.3 is 5.97 Å². The van der Waals surface area contributed by atoms with E-state index in [1.807, 2.05) is 26.0 Å². The van der Waals surface area contributed by atoms with Gasteiger partial charge in [0, 0.05) is 10.7 Å². The maximum Gasteiger partial charge on any atom is 0.343 e. The largest absolute Gasteiger partial charge is 0.423 e. The van der Waals surface area contributed by atoms with Crippen LogP contribution in [0.2, 0.25) is 5.02 Å². The summed E-state index contributed by atoms with van der Waals surface area (Å²) in [5, 5.41) is 3.08. The Kier molecular flexibility index (Phi) is 6.72. The molecule has 172 valence electrons. The van der Waals surface area contributed by atoms with Crippen molar-refractivity contribution < 1.29 is 19.1 Å². The smallest absolute Gasteiger partial charge is 0.343 e. The second-order valence-corrected chi connectivity index (χ2v) is 8.41. The minimum Gasteiger partial charge on any atom is -0.423 e. The van der Waals surface area contributed by atoms with Crippen LogP contribution in [-0.2, 0) is 16.0 Å². The van der Waals surface area contributed by atoms with Crippen LogP contribution in [0, 0.1) is 6.92 Å². The number of hydrogen-bond donors (Lipinski definition) is 1. The number of halogens is 2. The molecule has 8 heteroatoms. The van der Waals surface area contributed by atoms with Gasteiger partial charge in [-0.25, -0.2) is 9.69 Å². The van der Waals surface area contributed by atoms with Gasteiger partial charge in [-0.2, -0.15) is 0 Å². The number of esters is 1. The molecule has 3 aromatic carbocycles. The maximum atomic E-state index is 12.9. The summed E-state index contributed by atoms with van der Waals surface area (Å²) in [4.78, 5) is 39.1. The molecule has 0 aromatic heterocycles. The first-order valence-corrected chi connectivity index (χ1v) is 11.3. The van der Waals surface area contributed by atoms with Crippen LogP contribution in [0.1, 0.15) is 28.4 Å². The van der Waals surface area contributed by atoms with Gasteiger partial charge in [-0.15, -0.1) is 0 Å². The molecule has 0 saturated carbocycles. The Morgan fingerprint density at radius 2 is 1.68 bits per heavy atom. The Balaban J connectivity index is 1.49. The molecule has 1 heterocycles. The molecule has 2 amide bonds. The number of rotatable bonds is 6. The quantitative estimate of drug-likeness (QED) is 0.263. The number of carbonyl (C=O) groups is 3. The van der Waals surface area contributed by atoms with Crippen molar-refractivity contribution in [3.63, 3.8) is 0 Å². The molecule has 0 atom stereocenters. The monoisotopic (exact) mass is 494 g/mol. The number of carbonyl (C=O) groups excluding carboxylic acids is 3. The molecule has 0 saturated heterocycles. The number of nitrogens with one attached hydrogen (secondary N) is 1. The summed E-state index contributed by atoms with van der Waals surface area (Å²) < 4.78 is 5.52. The lowest BCUT2D eigenvalue weighted by Gasteiger charge is -2.16. The first-order valence-electron chi connectivity index (χ1n) is 10.5. The normalized spacial score (nSPS) is 13.5. The van der Waals surface area contributed by atoms with E-state index in [1.54, 1.807) is 48.5 Å². The molecule has 3 aromatic rings. The molecule has 1 N–H and O–H groups in total. The van der Waals surface area contributed by atoms with E-state index in [9.17, 15) is 14.4 Å². The van der Waals surface area contributed by atoms with Crippen molar-refractivity contribution in [2.75, 3.05) is 10.2 Å². The van der Waals surface area contributed by atoms with Crippen LogP contribution < -0.4 is 15.0 Å². The Morgan fingerprint density at radius 1 is 0.971 bits per heavy atom. The highest BCUT2D eigenvalue weighted by Crippen LogP contribution is 2.32. The van der Waals surface area contributed by atoms with E-state index in [2.05, 4.69) is 5.32 Å². The minimum absolute atomic E-state index is 0.0597. The van der Waals surface area contributed by atoms with E-state index >= 15 is 0 Å². The van der Waals surface area contributed by atoms with Crippen LogP contribution in [0.15, 0.2) is 77.5 Å². The zero-order valence-electron chi connectivity index (χ0n) is 18.4. The summed E-state index contributed by atoms with van der Waals surface area (Å²) in [7, 11) is 0. The molecule has 6 nitrogen and oxygen atoms in total. The Bertz CT molecular complexity index is 1330. The maximum absolute atomic E-state index is 12.9. The number of amides is 2. The molecule has 0 fully saturated rings. The predicted octanol–water partition coefficient (Wildman–Crippen LogP) is 5.87. The van der Waals surface area contributed by atoms with Crippen molar-refractivity contribution in [1.82, 2.24) is 0 Å². The Labute approximate surface area is 206 Å². The van der Waals surface area contributed by atoms with E-state index in [1.165, 1.54) is 6.07 Å². The number of nitrogens with zero attached hydrogens (tertiary/aromatic N) is 1.